The Morgan fingerprint density at radius 3 is 2.02 bits per heavy atom. The van der Waals surface area contributed by atoms with Gasteiger partial charge in [0.15, 0.2) is 5.84 Å². The number of benzene rings is 8. The number of fused-ring (bicyclic) bond motifs is 9. The molecule has 12 rings (SSSR count). The highest BCUT2D eigenvalue weighted by molar-refractivity contribution is 7.25. The van der Waals surface area contributed by atoms with Crippen molar-refractivity contribution in [2.24, 2.45) is 9.98 Å². The van der Waals surface area contributed by atoms with E-state index in [1.54, 1.807) is 0 Å². The maximum atomic E-state index is 6.74. The van der Waals surface area contributed by atoms with E-state index in [4.69, 9.17) is 14.4 Å². The fourth-order valence-corrected chi connectivity index (χ4v) is 9.74. The molecule has 0 fully saturated rings. The largest absolute Gasteiger partial charge is 0.455 e. The lowest BCUT2D eigenvalue weighted by Crippen LogP contribution is -2.33. The summed E-state index contributed by atoms with van der Waals surface area (Å²) in [4.78, 5) is 10.1. The number of thiophene rings is 1. The van der Waals surface area contributed by atoms with Gasteiger partial charge in [0, 0.05) is 58.4 Å². The highest BCUT2D eigenvalue weighted by atomic mass is 32.1. The maximum Gasteiger partial charge on any atom is 0.159 e. The van der Waals surface area contributed by atoms with Gasteiger partial charge in [-0.2, -0.15) is 0 Å². The molecule has 0 radical (unpaired) electrons. The summed E-state index contributed by atoms with van der Waals surface area (Å²) in [5, 5.41) is 10.8. The van der Waals surface area contributed by atoms with E-state index < -0.39 is 0 Å². The summed E-state index contributed by atoms with van der Waals surface area (Å²) in [7, 11) is 0. The number of aliphatic imine (C=N–C) groups is 2. The fraction of sp³-hybridized carbons (Fsp3) is 0.0196. The Labute approximate surface area is 331 Å². The van der Waals surface area contributed by atoms with Crippen molar-refractivity contribution in [1.82, 2.24) is 9.88 Å². The van der Waals surface area contributed by atoms with Gasteiger partial charge in [-0.25, -0.2) is 9.98 Å². The van der Waals surface area contributed by atoms with Crippen LogP contribution in [0.25, 0.3) is 80.7 Å². The molecular weight excluding hydrogens is 717 g/mol. The summed E-state index contributed by atoms with van der Waals surface area (Å²) in [6.07, 6.45) is -0.268. The first-order chi connectivity index (χ1) is 28.2. The molecule has 0 saturated carbocycles. The van der Waals surface area contributed by atoms with Crippen LogP contribution in [0, 0.1) is 0 Å². The molecule has 11 aromatic rings. The number of para-hydroxylation sites is 3. The number of hydrogen-bond donors (Lipinski definition) is 1. The van der Waals surface area contributed by atoms with Crippen LogP contribution in [0.1, 0.15) is 22.9 Å². The van der Waals surface area contributed by atoms with Gasteiger partial charge >= 0.3 is 0 Å². The first kappa shape index (κ1) is 32.0. The van der Waals surface area contributed by atoms with Gasteiger partial charge < -0.3 is 14.3 Å². The van der Waals surface area contributed by atoms with Crippen molar-refractivity contribution in [3.05, 3.63) is 199 Å². The molecule has 5 nitrogen and oxygen atoms in total. The number of hydrogen-bond acceptors (Lipinski definition) is 5. The first-order valence-electron chi connectivity index (χ1n) is 19.2. The first-order valence-corrected chi connectivity index (χ1v) is 20.0. The van der Waals surface area contributed by atoms with Crippen molar-refractivity contribution in [1.29, 1.82) is 0 Å². The van der Waals surface area contributed by atoms with Crippen LogP contribution >= 0.6 is 11.3 Å². The molecule has 0 bridgehead atoms. The van der Waals surface area contributed by atoms with Crippen molar-refractivity contribution >= 4 is 86.9 Å². The van der Waals surface area contributed by atoms with Crippen molar-refractivity contribution < 1.29 is 4.42 Å². The lowest BCUT2D eigenvalue weighted by atomic mass is 9.99. The molecule has 1 aliphatic heterocycles. The normalized spacial score (nSPS) is 14.5. The molecular formula is C51H32N4OS. The second-order valence-corrected chi connectivity index (χ2v) is 15.6. The van der Waals surface area contributed by atoms with Gasteiger partial charge in [0.25, 0.3) is 0 Å². The van der Waals surface area contributed by atoms with Crippen molar-refractivity contribution in [3.63, 3.8) is 0 Å². The van der Waals surface area contributed by atoms with Gasteiger partial charge in [-0.3, -0.25) is 0 Å². The summed E-state index contributed by atoms with van der Waals surface area (Å²) in [6.45, 7) is 0. The summed E-state index contributed by atoms with van der Waals surface area (Å²) in [5.41, 5.74) is 10.5. The summed E-state index contributed by atoms with van der Waals surface area (Å²) in [6, 6.07) is 64.3. The second kappa shape index (κ2) is 12.6. The SMILES string of the molecule is c1ccc(C2=NC(c3ccccc3)NC(c3ccc4oc5c(-c6ccc7sc8cccc(-n9c%10ccccc%10c%10ccccc%109)c8c7c6)cccc5c4c3)=N2)cc1. The Kier molecular flexibility index (Phi) is 7.09. The zero-order valence-electron chi connectivity index (χ0n) is 30.6. The molecule has 1 N–H and O–H groups in total. The topological polar surface area (TPSA) is 54.8 Å². The predicted molar refractivity (Wildman–Crippen MR) is 238 cm³/mol. The number of amidine groups is 2. The quantitative estimate of drug-likeness (QED) is 0.191. The minimum absolute atomic E-state index is 0.268. The van der Waals surface area contributed by atoms with E-state index in [2.05, 4.69) is 155 Å². The van der Waals surface area contributed by atoms with Gasteiger partial charge in [0.2, 0.25) is 0 Å². The molecule has 4 heterocycles. The van der Waals surface area contributed by atoms with Gasteiger partial charge in [-0.05, 0) is 65.7 Å². The van der Waals surface area contributed by atoms with E-state index in [1.807, 2.05) is 47.7 Å². The van der Waals surface area contributed by atoms with E-state index >= 15 is 0 Å². The van der Waals surface area contributed by atoms with Crippen LogP contribution in [-0.2, 0) is 0 Å². The maximum absolute atomic E-state index is 6.74. The van der Waals surface area contributed by atoms with E-state index in [-0.39, 0.29) is 6.17 Å². The summed E-state index contributed by atoms with van der Waals surface area (Å²) < 4.78 is 11.7. The van der Waals surface area contributed by atoms with Gasteiger partial charge in [-0.15, -0.1) is 11.3 Å². The lowest BCUT2D eigenvalue weighted by Gasteiger charge is -2.23. The Bertz CT molecular complexity index is 3390. The number of aromatic nitrogens is 1. The molecule has 268 valence electrons. The van der Waals surface area contributed by atoms with Crippen LogP contribution in [-0.4, -0.2) is 16.2 Å². The summed E-state index contributed by atoms with van der Waals surface area (Å²) >= 11 is 1.85. The molecule has 1 atom stereocenters. The molecule has 8 aromatic carbocycles. The molecule has 1 unspecified atom stereocenters. The Morgan fingerprint density at radius 1 is 0.526 bits per heavy atom. The molecule has 0 amide bonds. The number of furan rings is 1. The van der Waals surface area contributed by atoms with Crippen molar-refractivity contribution in [2.75, 3.05) is 0 Å². The molecule has 1 aliphatic rings. The molecule has 3 aromatic heterocycles. The van der Waals surface area contributed by atoms with Crippen molar-refractivity contribution in [3.8, 4) is 16.8 Å². The van der Waals surface area contributed by atoms with Crippen LogP contribution in [0.3, 0.4) is 0 Å². The zero-order chi connectivity index (χ0) is 37.5. The zero-order valence-corrected chi connectivity index (χ0v) is 31.4. The molecule has 57 heavy (non-hydrogen) atoms. The minimum atomic E-state index is -0.268. The van der Waals surface area contributed by atoms with E-state index in [1.165, 1.54) is 47.7 Å². The number of rotatable bonds is 5. The van der Waals surface area contributed by atoms with E-state index in [0.717, 1.165) is 55.6 Å². The molecule has 0 aliphatic carbocycles. The standard InChI is InChI=1S/C51H32N4OS/c1-3-13-31(14-4-1)49-52-50(32-15-5-2-6-16-32)54-51(53-49)34-25-27-44-39(30-34)38-20-11-19-35(48(38)56-44)33-26-28-45-40(29-33)47-43(23-12-24-46(47)57-45)55-41-21-9-7-17-36(41)37-18-8-10-22-42(37)55/h1-30,49H,(H,52,53,54). The predicted octanol–water partition coefficient (Wildman–Crippen LogP) is 13.2. The monoisotopic (exact) mass is 748 g/mol. The minimum Gasteiger partial charge on any atom is -0.455 e. The molecule has 6 heteroatoms. The van der Waals surface area contributed by atoms with Crippen LogP contribution in [0.5, 0.6) is 0 Å². The van der Waals surface area contributed by atoms with Crippen molar-refractivity contribution in [2.45, 2.75) is 6.17 Å². The van der Waals surface area contributed by atoms with E-state index in [9.17, 15) is 0 Å². The molecule has 0 spiro atoms. The molecule has 0 saturated heterocycles. The highest BCUT2D eigenvalue weighted by Crippen LogP contribution is 2.44. The Morgan fingerprint density at radius 2 is 1.21 bits per heavy atom. The van der Waals surface area contributed by atoms with E-state index in [0.29, 0.717) is 5.84 Å². The van der Waals surface area contributed by atoms with Gasteiger partial charge in [0.1, 0.15) is 23.2 Å². The van der Waals surface area contributed by atoms with Crippen LogP contribution in [0.4, 0.5) is 0 Å². The van der Waals surface area contributed by atoms with Crippen LogP contribution in [0.2, 0.25) is 0 Å². The Balaban J connectivity index is 0.995. The summed E-state index contributed by atoms with van der Waals surface area (Å²) in [5.74, 6) is 1.48. The third-order valence-corrected chi connectivity index (χ3v) is 12.4. The van der Waals surface area contributed by atoms with Crippen LogP contribution in [0.15, 0.2) is 196 Å². The van der Waals surface area contributed by atoms with Gasteiger partial charge in [-0.1, -0.05) is 127 Å². The average molecular weight is 749 g/mol. The van der Waals surface area contributed by atoms with Crippen LogP contribution < -0.4 is 5.32 Å². The second-order valence-electron chi connectivity index (χ2n) is 14.6. The highest BCUT2D eigenvalue weighted by Gasteiger charge is 2.23. The van der Waals surface area contributed by atoms with Gasteiger partial charge in [0.05, 0.1) is 16.7 Å². The number of nitrogens with zero attached hydrogens (tertiary/aromatic N) is 3. The smallest absolute Gasteiger partial charge is 0.159 e. The third kappa shape index (κ3) is 5.08. The fourth-order valence-electron chi connectivity index (χ4n) is 8.64. The lowest BCUT2D eigenvalue weighted by molar-refractivity contribution is 0.669. The average Bonchev–Trinajstić information content (AvgIpc) is 3.96. The third-order valence-electron chi connectivity index (χ3n) is 11.3. The number of nitrogens with one attached hydrogen (secondary N) is 1. The Hall–Kier alpha value is -7.28.